The Kier molecular flexibility index (Phi) is 4.04. The van der Waals surface area contributed by atoms with Crippen LogP contribution in [0.3, 0.4) is 0 Å². The number of nitrogens with zero attached hydrogens (tertiary/aromatic N) is 2. The molecule has 1 fully saturated rings. The number of fused-ring (bicyclic) bond motifs is 1. The average molecular weight is 336 g/mol. The molecule has 3 aliphatic rings. The number of aliphatic imine (C=N–C) groups is 1. The Labute approximate surface area is 138 Å². The third-order valence-corrected chi connectivity index (χ3v) is 4.85. The number of primary amides is 1. The number of carboxylic acids is 1. The number of carbonyl (C=O) groups excluding carboxylic acids is 2. The number of aliphatic carboxylic acids is 1. The number of nitrogens with one attached hydrogen (secondary N) is 1. The summed E-state index contributed by atoms with van der Waals surface area (Å²) in [4.78, 5) is 40.3. The predicted octanol–water partition coefficient (Wildman–Crippen LogP) is -1.57. The van der Waals surface area contributed by atoms with Gasteiger partial charge >= 0.3 is 5.97 Å². The second kappa shape index (κ2) is 5.90. The van der Waals surface area contributed by atoms with Crippen molar-refractivity contribution in [2.75, 3.05) is 13.1 Å². The molecule has 0 saturated carbocycles. The van der Waals surface area contributed by atoms with E-state index in [2.05, 4.69) is 10.3 Å². The van der Waals surface area contributed by atoms with Gasteiger partial charge in [-0.25, -0.2) is 4.79 Å². The highest BCUT2D eigenvalue weighted by molar-refractivity contribution is 6.00. The Bertz CT molecular complexity index is 669. The fourth-order valence-electron chi connectivity index (χ4n) is 3.76. The first-order valence-corrected chi connectivity index (χ1v) is 7.84. The van der Waals surface area contributed by atoms with Crippen LogP contribution in [0.1, 0.15) is 19.8 Å². The summed E-state index contributed by atoms with van der Waals surface area (Å²) in [5, 5.41) is 22.3. The Hall–Kier alpha value is -2.42. The largest absolute Gasteiger partial charge is 0.477 e. The van der Waals surface area contributed by atoms with Gasteiger partial charge in [0.1, 0.15) is 11.5 Å². The maximum atomic E-state index is 12.2. The lowest BCUT2D eigenvalue weighted by Gasteiger charge is -2.44. The maximum Gasteiger partial charge on any atom is 0.352 e. The lowest BCUT2D eigenvalue weighted by molar-refractivity contribution is -0.161. The van der Waals surface area contributed by atoms with Crippen molar-refractivity contribution in [3.8, 4) is 0 Å². The van der Waals surface area contributed by atoms with Crippen molar-refractivity contribution in [3.05, 3.63) is 11.3 Å². The van der Waals surface area contributed by atoms with Crippen LogP contribution in [0.2, 0.25) is 0 Å². The van der Waals surface area contributed by atoms with Crippen molar-refractivity contribution in [3.63, 3.8) is 0 Å². The summed E-state index contributed by atoms with van der Waals surface area (Å²) in [6.45, 7) is 2.32. The number of hydrogen-bond donors (Lipinski definition) is 4. The number of aliphatic hydroxyl groups excluding tert-OH is 1. The van der Waals surface area contributed by atoms with Gasteiger partial charge in [0.25, 0.3) is 0 Å². The van der Waals surface area contributed by atoms with Crippen molar-refractivity contribution in [1.29, 1.82) is 0 Å². The quantitative estimate of drug-likeness (QED) is 0.446. The van der Waals surface area contributed by atoms with Crippen LogP contribution >= 0.6 is 0 Å². The molecule has 0 radical (unpaired) electrons. The molecule has 0 aliphatic carbocycles. The molecule has 9 heteroatoms. The van der Waals surface area contributed by atoms with E-state index in [-0.39, 0.29) is 30.0 Å². The molecular weight excluding hydrogens is 316 g/mol. The van der Waals surface area contributed by atoms with Gasteiger partial charge in [-0.05, 0) is 18.9 Å². The van der Waals surface area contributed by atoms with Crippen LogP contribution in [0.15, 0.2) is 16.3 Å². The number of carboxylic acid groups (broad SMARTS) is 1. The third kappa shape index (κ3) is 2.54. The molecule has 3 aliphatic heterocycles. The molecule has 0 aromatic rings. The van der Waals surface area contributed by atoms with Crippen molar-refractivity contribution < 1.29 is 24.6 Å². The van der Waals surface area contributed by atoms with Crippen molar-refractivity contribution in [2.24, 2.45) is 22.6 Å². The van der Waals surface area contributed by atoms with Crippen molar-refractivity contribution in [2.45, 2.75) is 31.9 Å². The van der Waals surface area contributed by atoms with Crippen LogP contribution in [0.25, 0.3) is 0 Å². The highest BCUT2D eigenvalue weighted by atomic mass is 16.4. The summed E-state index contributed by atoms with van der Waals surface area (Å²) < 4.78 is 0. The number of amidine groups is 1. The van der Waals surface area contributed by atoms with Gasteiger partial charge in [0.15, 0.2) is 0 Å². The summed E-state index contributed by atoms with van der Waals surface area (Å²) in [5.41, 5.74) is 5.81. The maximum absolute atomic E-state index is 12.2. The van der Waals surface area contributed by atoms with E-state index in [1.165, 1.54) is 4.90 Å². The van der Waals surface area contributed by atoms with E-state index in [9.17, 15) is 24.6 Å². The van der Waals surface area contributed by atoms with Crippen LogP contribution in [0.4, 0.5) is 0 Å². The first kappa shape index (κ1) is 16.4. The standard InChI is InChI=1S/C15H20N4O5/c1-6(20)12-9-2-8(13(15(23)24)19(9)14(12)22)7-4-17-11(18-5-7)3-10(16)21/h6-7,9,12,20H,2-5H2,1H3,(H2,16,21)(H,17,18)(H,23,24)/t6-,9-,12-/m1/s1. The van der Waals surface area contributed by atoms with E-state index in [1.54, 1.807) is 6.92 Å². The van der Waals surface area contributed by atoms with Gasteiger partial charge in [-0.3, -0.25) is 14.6 Å². The molecular formula is C15H20N4O5. The predicted molar refractivity (Wildman–Crippen MR) is 82.7 cm³/mol. The topological polar surface area (TPSA) is 145 Å². The highest BCUT2D eigenvalue weighted by Crippen LogP contribution is 2.45. The number of rotatable bonds is 5. The Morgan fingerprint density at radius 3 is 2.71 bits per heavy atom. The SMILES string of the molecule is C[C@@H](O)[C@H]1C(=O)N2C(C(=O)O)=C(C3CN=C(CC(N)=O)NC3)C[C@H]12. The monoisotopic (exact) mass is 336 g/mol. The first-order chi connectivity index (χ1) is 11.3. The first-order valence-electron chi connectivity index (χ1n) is 7.84. The fraction of sp³-hybridized carbons (Fsp3) is 0.600. The van der Waals surface area contributed by atoms with E-state index < -0.39 is 23.9 Å². The van der Waals surface area contributed by atoms with Crippen molar-refractivity contribution in [1.82, 2.24) is 10.2 Å². The number of carbonyl (C=O) groups is 3. The molecule has 24 heavy (non-hydrogen) atoms. The molecule has 3 rings (SSSR count). The second-order valence-corrected chi connectivity index (χ2v) is 6.43. The minimum Gasteiger partial charge on any atom is -0.477 e. The van der Waals surface area contributed by atoms with Crippen LogP contribution in [0.5, 0.6) is 0 Å². The van der Waals surface area contributed by atoms with Gasteiger partial charge < -0.3 is 26.2 Å². The molecule has 9 nitrogen and oxygen atoms in total. The summed E-state index contributed by atoms with van der Waals surface area (Å²) >= 11 is 0. The van der Waals surface area contributed by atoms with Gasteiger partial charge in [0.05, 0.1) is 24.5 Å². The number of aliphatic hydroxyl groups is 1. The lowest BCUT2D eigenvalue weighted by atomic mass is 9.82. The average Bonchev–Trinajstić information content (AvgIpc) is 2.82. The lowest BCUT2D eigenvalue weighted by Crippen LogP contribution is -2.61. The molecule has 0 bridgehead atoms. The fourth-order valence-corrected chi connectivity index (χ4v) is 3.76. The molecule has 1 unspecified atom stereocenters. The van der Waals surface area contributed by atoms with E-state index in [0.29, 0.717) is 30.9 Å². The van der Waals surface area contributed by atoms with Gasteiger partial charge in [-0.15, -0.1) is 0 Å². The zero-order valence-corrected chi connectivity index (χ0v) is 13.2. The molecule has 2 amide bonds. The van der Waals surface area contributed by atoms with Crippen LogP contribution < -0.4 is 11.1 Å². The Balaban J connectivity index is 1.81. The number of amides is 2. The summed E-state index contributed by atoms with van der Waals surface area (Å²) in [7, 11) is 0. The molecule has 3 heterocycles. The van der Waals surface area contributed by atoms with Crippen LogP contribution in [-0.4, -0.2) is 64.0 Å². The number of nitrogens with two attached hydrogens (primary N) is 1. The normalized spacial score (nSPS) is 30.2. The van der Waals surface area contributed by atoms with E-state index in [1.807, 2.05) is 0 Å². The second-order valence-electron chi connectivity index (χ2n) is 6.43. The minimum atomic E-state index is -1.14. The highest BCUT2D eigenvalue weighted by Gasteiger charge is 2.57. The number of hydrogen-bond acceptors (Lipinski definition) is 6. The third-order valence-electron chi connectivity index (χ3n) is 4.85. The van der Waals surface area contributed by atoms with Crippen LogP contribution in [-0.2, 0) is 14.4 Å². The van der Waals surface area contributed by atoms with Crippen molar-refractivity contribution >= 4 is 23.6 Å². The molecule has 4 atom stereocenters. The van der Waals surface area contributed by atoms with Gasteiger partial charge in [-0.2, -0.15) is 0 Å². The molecule has 1 saturated heterocycles. The summed E-state index contributed by atoms with van der Waals surface area (Å²) in [6.07, 6.45) is -0.358. The number of β-lactam (4-membered cyclic amide) rings is 1. The van der Waals surface area contributed by atoms with Crippen LogP contribution in [0, 0.1) is 11.8 Å². The van der Waals surface area contributed by atoms with E-state index in [4.69, 9.17) is 5.73 Å². The summed E-state index contributed by atoms with van der Waals surface area (Å²) in [5.74, 6) is -2.19. The van der Waals surface area contributed by atoms with Gasteiger partial charge in [-0.1, -0.05) is 0 Å². The molecule has 0 aromatic carbocycles. The molecule has 0 aromatic heterocycles. The zero-order valence-electron chi connectivity index (χ0n) is 13.2. The minimum absolute atomic E-state index is 0.0160. The zero-order chi connectivity index (χ0) is 17.6. The molecule has 130 valence electrons. The Morgan fingerprint density at radius 2 is 2.21 bits per heavy atom. The van der Waals surface area contributed by atoms with E-state index in [0.717, 1.165) is 0 Å². The summed E-state index contributed by atoms with van der Waals surface area (Å²) in [6, 6.07) is -0.297. The smallest absolute Gasteiger partial charge is 0.352 e. The Morgan fingerprint density at radius 1 is 1.50 bits per heavy atom. The molecule has 5 N–H and O–H groups in total. The van der Waals surface area contributed by atoms with Gasteiger partial charge in [0, 0.05) is 19.0 Å². The van der Waals surface area contributed by atoms with E-state index >= 15 is 0 Å². The molecule has 0 spiro atoms. The van der Waals surface area contributed by atoms with Gasteiger partial charge in [0.2, 0.25) is 11.8 Å².